The predicted octanol–water partition coefficient (Wildman–Crippen LogP) is 0.621. The molecule has 2 aliphatic rings. The van der Waals surface area contributed by atoms with Gasteiger partial charge >= 0.3 is 0 Å². The lowest BCUT2D eigenvalue weighted by Crippen LogP contribution is -2.59. The Bertz CT molecular complexity index is 619. The van der Waals surface area contributed by atoms with E-state index in [2.05, 4.69) is 15.2 Å². The summed E-state index contributed by atoms with van der Waals surface area (Å²) in [5.41, 5.74) is 0.590. The molecule has 1 atom stereocenters. The van der Waals surface area contributed by atoms with Crippen molar-refractivity contribution in [3.05, 3.63) is 33.7 Å². The summed E-state index contributed by atoms with van der Waals surface area (Å²) < 4.78 is 5.44. The maximum absolute atomic E-state index is 12.4. The number of ether oxygens (including phenoxy) is 1. The fourth-order valence-electron chi connectivity index (χ4n) is 3.23. The van der Waals surface area contributed by atoms with E-state index < -0.39 is 0 Å². The lowest BCUT2D eigenvalue weighted by Gasteiger charge is -2.43. The molecule has 0 saturated carbocycles. The van der Waals surface area contributed by atoms with Gasteiger partial charge in [0, 0.05) is 36.6 Å². The van der Waals surface area contributed by atoms with E-state index in [9.17, 15) is 9.59 Å². The van der Waals surface area contributed by atoms with Crippen molar-refractivity contribution >= 4 is 17.7 Å². The minimum Gasteiger partial charge on any atom is -0.379 e. The first-order valence-electron chi connectivity index (χ1n) is 7.99. The summed E-state index contributed by atoms with van der Waals surface area (Å²) in [6, 6.07) is 3.34. The quantitative estimate of drug-likeness (QED) is 0.843. The number of morpholine rings is 1. The zero-order chi connectivity index (χ0) is 16.3. The number of carbonyl (C=O) groups excluding carboxylic acids is 1. The molecule has 3 heterocycles. The van der Waals surface area contributed by atoms with E-state index in [0.29, 0.717) is 6.54 Å². The van der Waals surface area contributed by atoms with Gasteiger partial charge in [0.05, 0.1) is 13.2 Å². The number of aromatic amines is 1. The Morgan fingerprint density at radius 1 is 1.43 bits per heavy atom. The van der Waals surface area contributed by atoms with Crippen LogP contribution in [0.2, 0.25) is 0 Å². The first-order valence-corrected chi connectivity index (χ1v) is 9.15. The van der Waals surface area contributed by atoms with E-state index in [1.807, 2.05) is 11.8 Å². The summed E-state index contributed by atoms with van der Waals surface area (Å²) in [7, 11) is 0. The fourth-order valence-corrected chi connectivity index (χ4v) is 4.70. The Morgan fingerprint density at radius 2 is 2.22 bits per heavy atom. The third kappa shape index (κ3) is 3.62. The molecule has 6 nitrogen and oxygen atoms in total. The average Bonchev–Trinajstić information content (AvgIpc) is 3.04. The second kappa shape index (κ2) is 7.07. The van der Waals surface area contributed by atoms with Crippen molar-refractivity contribution in [3.8, 4) is 0 Å². The van der Waals surface area contributed by atoms with Crippen LogP contribution in [0.4, 0.5) is 0 Å². The minimum absolute atomic E-state index is 0.0123. The molecule has 126 valence electrons. The topological polar surface area (TPSA) is 74.4 Å². The number of nitrogens with zero attached hydrogens (tertiary/aromatic N) is 1. The van der Waals surface area contributed by atoms with E-state index in [1.165, 1.54) is 0 Å². The Balaban J connectivity index is 1.69. The SMILES string of the molecule is Cc1ccc(C(=O)NCC2(N3CCOCC3)CCSC2)c(=O)[nH]1. The third-order valence-corrected chi connectivity index (χ3v) is 5.88. The van der Waals surface area contributed by atoms with Crippen molar-refractivity contribution in [2.24, 2.45) is 0 Å². The highest BCUT2D eigenvalue weighted by atomic mass is 32.2. The summed E-state index contributed by atoms with van der Waals surface area (Å²) >= 11 is 1.93. The number of hydrogen-bond donors (Lipinski definition) is 2. The Labute approximate surface area is 140 Å². The highest BCUT2D eigenvalue weighted by Crippen LogP contribution is 2.33. The van der Waals surface area contributed by atoms with Crippen LogP contribution in [-0.4, -0.2) is 65.7 Å². The van der Waals surface area contributed by atoms with E-state index in [0.717, 1.165) is 49.9 Å². The average molecular weight is 337 g/mol. The number of carbonyl (C=O) groups is 1. The monoisotopic (exact) mass is 337 g/mol. The van der Waals surface area contributed by atoms with Crippen molar-refractivity contribution in [3.63, 3.8) is 0 Å². The smallest absolute Gasteiger partial charge is 0.260 e. The molecule has 1 unspecified atom stereocenters. The highest BCUT2D eigenvalue weighted by molar-refractivity contribution is 7.99. The van der Waals surface area contributed by atoms with Crippen LogP contribution in [0.15, 0.2) is 16.9 Å². The summed E-state index contributed by atoms with van der Waals surface area (Å²) in [6.45, 7) is 5.68. The summed E-state index contributed by atoms with van der Waals surface area (Å²) in [5.74, 6) is 1.83. The first kappa shape index (κ1) is 16.5. The van der Waals surface area contributed by atoms with Gasteiger partial charge in [-0.15, -0.1) is 0 Å². The van der Waals surface area contributed by atoms with Crippen molar-refractivity contribution < 1.29 is 9.53 Å². The van der Waals surface area contributed by atoms with Gasteiger partial charge in [-0.2, -0.15) is 11.8 Å². The molecule has 23 heavy (non-hydrogen) atoms. The van der Waals surface area contributed by atoms with Gasteiger partial charge in [0.2, 0.25) is 0 Å². The second-order valence-electron chi connectivity index (χ2n) is 6.19. The summed E-state index contributed by atoms with van der Waals surface area (Å²) in [4.78, 5) is 29.4. The van der Waals surface area contributed by atoms with Crippen LogP contribution in [0.3, 0.4) is 0 Å². The predicted molar refractivity (Wildman–Crippen MR) is 91.2 cm³/mol. The van der Waals surface area contributed by atoms with Gasteiger partial charge in [-0.05, 0) is 31.2 Å². The molecule has 2 N–H and O–H groups in total. The molecular formula is C16H23N3O3S. The Morgan fingerprint density at radius 3 is 2.87 bits per heavy atom. The van der Waals surface area contributed by atoms with Crippen molar-refractivity contribution in [2.75, 3.05) is 44.4 Å². The Kier molecular flexibility index (Phi) is 5.08. The van der Waals surface area contributed by atoms with Gasteiger partial charge in [-0.3, -0.25) is 14.5 Å². The second-order valence-corrected chi connectivity index (χ2v) is 7.30. The molecule has 0 spiro atoms. The lowest BCUT2D eigenvalue weighted by molar-refractivity contribution is -0.0129. The number of amides is 1. The van der Waals surface area contributed by atoms with Gasteiger partial charge < -0.3 is 15.0 Å². The molecule has 7 heteroatoms. The third-order valence-electron chi connectivity index (χ3n) is 4.64. The maximum atomic E-state index is 12.4. The van der Waals surface area contributed by atoms with Crippen LogP contribution in [0.25, 0.3) is 0 Å². The molecule has 0 bridgehead atoms. The van der Waals surface area contributed by atoms with Crippen molar-refractivity contribution in [1.29, 1.82) is 0 Å². The number of nitrogens with one attached hydrogen (secondary N) is 2. The van der Waals surface area contributed by atoms with Crippen LogP contribution >= 0.6 is 11.8 Å². The van der Waals surface area contributed by atoms with E-state index >= 15 is 0 Å². The van der Waals surface area contributed by atoms with Gasteiger partial charge in [0.25, 0.3) is 11.5 Å². The Hall–Kier alpha value is -1.31. The van der Waals surface area contributed by atoms with E-state index in [-0.39, 0.29) is 22.6 Å². The minimum atomic E-state index is -0.330. The number of pyridine rings is 1. The van der Waals surface area contributed by atoms with Crippen molar-refractivity contribution in [1.82, 2.24) is 15.2 Å². The number of H-pyrrole nitrogens is 1. The first-order chi connectivity index (χ1) is 11.1. The number of hydrogen-bond acceptors (Lipinski definition) is 5. The zero-order valence-corrected chi connectivity index (χ0v) is 14.2. The molecule has 0 aliphatic carbocycles. The molecule has 2 aliphatic heterocycles. The molecule has 3 rings (SSSR count). The molecule has 2 fully saturated rings. The van der Waals surface area contributed by atoms with Gasteiger partial charge in [0.1, 0.15) is 5.56 Å². The normalized spacial score (nSPS) is 25.4. The fraction of sp³-hybridized carbons (Fsp3) is 0.625. The van der Waals surface area contributed by atoms with Gasteiger partial charge in [-0.25, -0.2) is 0 Å². The molecular weight excluding hydrogens is 314 g/mol. The zero-order valence-electron chi connectivity index (χ0n) is 13.4. The maximum Gasteiger partial charge on any atom is 0.260 e. The van der Waals surface area contributed by atoms with Crippen LogP contribution in [0.1, 0.15) is 22.5 Å². The van der Waals surface area contributed by atoms with Crippen LogP contribution in [0, 0.1) is 6.92 Å². The molecule has 1 amide bonds. The number of aryl methyl sites for hydroxylation is 1. The van der Waals surface area contributed by atoms with E-state index in [4.69, 9.17) is 4.74 Å². The molecule has 1 aromatic heterocycles. The number of aromatic nitrogens is 1. The molecule has 1 aromatic rings. The van der Waals surface area contributed by atoms with Crippen LogP contribution in [-0.2, 0) is 4.74 Å². The largest absolute Gasteiger partial charge is 0.379 e. The number of rotatable bonds is 4. The summed E-state index contributed by atoms with van der Waals surface area (Å²) in [5, 5.41) is 2.98. The van der Waals surface area contributed by atoms with Crippen molar-refractivity contribution in [2.45, 2.75) is 18.9 Å². The lowest BCUT2D eigenvalue weighted by atomic mass is 9.95. The van der Waals surface area contributed by atoms with Crippen LogP contribution < -0.4 is 10.9 Å². The standard InChI is InChI=1S/C16H23N3O3S/c1-12-2-3-13(15(21)18-12)14(20)17-10-16(4-9-23-11-16)19-5-7-22-8-6-19/h2-3H,4-11H2,1H3,(H,17,20)(H,18,21). The molecule has 0 radical (unpaired) electrons. The summed E-state index contributed by atoms with van der Waals surface area (Å²) in [6.07, 6.45) is 1.06. The molecule has 0 aromatic carbocycles. The van der Waals surface area contributed by atoms with Crippen LogP contribution in [0.5, 0.6) is 0 Å². The van der Waals surface area contributed by atoms with Gasteiger partial charge in [-0.1, -0.05) is 0 Å². The molecule has 2 saturated heterocycles. The van der Waals surface area contributed by atoms with E-state index in [1.54, 1.807) is 19.1 Å². The highest BCUT2D eigenvalue weighted by Gasteiger charge is 2.40. The number of thioether (sulfide) groups is 1. The van der Waals surface area contributed by atoms with Gasteiger partial charge in [0.15, 0.2) is 0 Å².